The zero-order valence-electron chi connectivity index (χ0n) is 12.4. The van der Waals surface area contributed by atoms with E-state index in [4.69, 9.17) is 4.74 Å². The normalized spacial score (nSPS) is 11.6. The first-order valence-electron chi connectivity index (χ1n) is 6.28. The summed E-state index contributed by atoms with van der Waals surface area (Å²) in [5.74, 6) is 0.951. The molecule has 0 aromatic heterocycles. The third-order valence-electron chi connectivity index (χ3n) is 2.18. The number of benzene rings is 1. The van der Waals surface area contributed by atoms with Gasteiger partial charge in [0.15, 0.2) is 5.96 Å². The topological polar surface area (TPSA) is 45.7 Å². The third-order valence-corrected chi connectivity index (χ3v) is 2.18. The summed E-state index contributed by atoms with van der Waals surface area (Å²) in [6.07, 6.45) is 0. The van der Waals surface area contributed by atoms with Crippen LogP contribution >= 0.6 is 24.0 Å². The van der Waals surface area contributed by atoms with Crippen molar-refractivity contribution in [3.8, 4) is 5.75 Å². The molecule has 0 heterocycles. The molecule has 0 saturated heterocycles. The number of nitrogens with one attached hydrogen (secondary N) is 2. The Bertz CT molecular complexity index is 433. The maximum atomic E-state index is 12.9. The van der Waals surface area contributed by atoms with Crippen molar-refractivity contribution in [3.63, 3.8) is 0 Å². The highest BCUT2D eigenvalue weighted by atomic mass is 127. The van der Waals surface area contributed by atoms with Gasteiger partial charge in [0.05, 0.1) is 6.54 Å². The van der Waals surface area contributed by atoms with Crippen LogP contribution in [-0.2, 0) is 0 Å². The van der Waals surface area contributed by atoms with Gasteiger partial charge >= 0.3 is 0 Å². The lowest BCUT2D eigenvalue weighted by Gasteiger charge is -2.23. The van der Waals surface area contributed by atoms with Crippen LogP contribution in [0.4, 0.5) is 4.39 Å². The molecule has 1 rings (SSSR count). The van der Waals surface area contributed by atoms with Crippen molar-refractivity contribution in [2.45, 2.75) is 26.3 Å². The molecule has 0 aliphatic rings. The molecule has 0 aliphatic carbocycles. The summed E-state index contributed by atoms with van der Waals surface area (Å²) in [4.78, 5) is 4.11. The Balaban J connectivity index is 0.00000361. The second-order valence-corrected chi connectivity index (χ2v) is 5.18. The Kier molecular flexibility index (Phi) is 8.52. The number of aliphatic imine (C=N–C) groups is 1. The fourth-order valence-electron chi connectivity index (χ4n) is 1.43. The van der Waals surface area contributed by atoms with Gasteiger partial charge in [-0.3, -0.25) is 4.99 Å². The van der Waals surface area contributed by atoms with Crippen LogP contribution in [0.3, 0.4) is 0 Å². The lowest BCUT2D eigenvalue weighted by molar-refractivity contribution is 0.319. The average Bonchev–Trinajstić information content (AvgIpc) is 2.31. The van der Waals surface area contributed by atoms with Crippen LogP contribution in [0.1, 0.15) is 20.8 Å². The van der Waals surface area contributed by atoms with Gasteiger partial charge in [0, 0.05) is 18.7 Å². The van der Waals surface area contributed by atoms with Crippen LogP contribution in [-0.4, -0.2) is 31.7 Å². The highest BCUT2D eigenvalue weighted by molar-refractivity contribution is 14.0. The average molecular weight is 395 g/mol. The maximum absolute atomic E-state index is 12.9. The summed E-state index contributed by atoms with van der Waals surface area (Å²) < 4.78 is 18.3. The lowest BCUT2D eigenvalue weighted by Crippen LogP contribution is -2.48. The van der Waals surface area contributed by atoms with E-state index in [9.17, 15) is 4.39 Å². The number of hydrogen-bond donors (Lipinski definition) is 2. The molecule has 0 amide bonds. The van der Waals surface area contributed by atoms with Crippen molar-refractivity contribution >= 4 is 29.9 Å². The number of guanidine groups is 1. The molecule has 1 aromatic carbocycles. The standard InChI is InChI=1S/C14H22FN3O.HI/c1-14(2,3)18-13(16-4)17-8-9-19-12-7-5-6-11(15)10-12;/h5-7,10H,8-9H2,1-4H3,(H2,16,17,18);1H. The van der Waals surface area contributed by atoms with Gasteiger partial charge < -0.3 is 15.4 Å². The zero-order chi connectivity index (χ0) is 14.3. The first kappa shape index (κ1) is 18.9. The fourth-order valence-corrected chi connectivity index (χ4v) is 1.43. The molecule has 114 valence electrons. The summed E-state index contributed by atoms with van der Waals surface area (Å²) in [5, 5.41) is 6.37. The molecule has 0 spiro atoms. The van der Waals surface area contributed by atoms with Gasteiger partial charge in [-0.15, -0.1) is 24.0 Å². The molecule has 0 saturated carbocycles. The monoisotopic (exact) mass is 395 g/mol. The van der Waals surface area contributed by atoms with Crippen LogP contribution < -0.4 is 15.4 Å². The van der Waals surface area contributed by atoms with Crippen LogP contribution in [0.2, 0.25) is 0 Å². The van der Waals surface area contributed by atoms with E-state index >= 15 is 0 Å². The molecular weight excluding hydrogens is 372 g/mol. The SMILES string of the molecule is CN=C(NCCOc1cccc(F)c1)NC(C)(C)C.I. The van der Waals surface area contributed by atoms with Crippen molar-refractivity contribution in [2.24, 2.45) is 4.99 Å². The minimum Gasteiger partial charge on any atom is -0.492 e. The quantitative estimate of drug-likeness (QED) is 0.357. The van der Waals surface area contributed by atoms with Crippen molar-refractivity contribution in [1.82, 2.24) is 10.6 Å². The Morgan fingerprint density at radius 1 is 1.35 bits per heavy atom. The summed E-state index contributed by atoms with van der Waals surface area (Å²) in [6.45, 7) is 7.20. The largest absolute Gasteiger partial charge is 0.492 e. The van der Waals surface area contributed by atoms with Gasteiger partial charge in [0.25, 0.3) is 0 Å². The summed E-state index contributed by atoms with van der Waals surface area (Å²) in [6, 6.07) is 6.10. The summed E-state index contributed by atoms with van der Waals surface area (Å²) >= 11 is 0. The fraction of sp³-hybridized carbons (Fsp3) is 0.500. The first-order valence-corrected chi connectivity index (χ1v) is 6.28. The second-order valence-electron chi connectivity index (χ2n) is 5.18. The number of hydrogen-bond acceptors (Lipinski definition) is 2. The number of halogens is 2. The van der Waals surface area contributed by atoms with Crippen molar-refractivity contribution < 1.29 is 9.13 Å². The molecule has 0 unspecified atom stereocenters. The van der Waals surface area contributed by atoms with E-state index in [-0.39, 0.29) is 35.3 Å². The Hall–Kier alpha value is -1.05. The Morgan fingerprint density at radius 3 is 2.60 bits per heavy atom. The molecule has 2 N–H and O–H groups in total. The molecule has 0 radical (unpaired) electrons. The van der Waals surface area contributed by atoms with Gasteiger partial charge in [-0.1, -0.05) is 6.07 Å². The van der Waals surface area contributed by atoms with E-state index in [2.05, 4.69) is 36.4 Å². The van der Waals surface area contributed by atoms with Crippen molar-refractivity contribution in [3.05, 3.63) is 30.1 Å². The van der Waals surface area contributed by atoms with Crippen molar-refractivity contribution in [1.29, 1.82) is 0 Å². The molecule has 0 bridgehead atoms. The second kappa shape index (κ2) is 8.99. The molecule has 1 aromatic rings. The predicted octanol–water partition coefficient (Wildman–Crippen LogP) is 2.79. The first-order chi connectivity index (χ1) is 8.90. The molecule has 0 fully saturated rings. The highest BCUT2D eigenvalue weighted by Crippen LogP contribution is 2.11. The summed E-state index contributed by atoms with van der Waals surface area (Å²) in [5.41, 5.74) is -0.0503. The van der Waals surface area contributed by atoms with E-state index in [0.29, 0.717) is 18.9 Å². The highest BCUT2D eigenvalue weighted by Gasteiger charge is 2.11. The number of rotatable bonds is 4. The molecule has 4 nitrogen and oxygen atoms in total. The van der Waals surface area contributed by atoms with Crippen LogP contribution in [0.15, 0.2) is 29.3 Å². The smallest absolute Gasteiger partial charge is 0.191 e. The third kappa shape index (κ3) is 8.19. The Labute approximate surface area is 137 Å². The molecule has 20 heavy (non-hydrogen) atoms. The Morgan fingerprint density at radius 2 is 2.05 bits per heavy atom. The predicted molar refractivity (Wildman–Crippen MR) is 91.6 cm³/mol. The molecule has 0 atom stereocenters. The van der Waals surface area contributed by atoms with Crippen LogP contribution in [0.5, 0.6) is 5.75 Å². The number of nitrogens with zero attached hydrogens (tertiary/aromatic N) is 1. The lowest BCUT2D eigenvalue weighted by atomic mass is 10.1. The van der Waals surface area contributed by atoms with Gasteiger partial charge in [-0.25, -0.2) is 4.39 Å². The van der Waals surface area contributed by atoms with E-state index in [1.165, 1.54) is 12.1 Å². The van der Waals surface area contributed by atoms with Gasteiger partial charge in [0.2, 0.25) is 0 Å². The van der Waals surface area contributed by atoms with Gasteiger partial charge in [-0.2, -0.15) is 0 Å². The van der Waals surface area contributed by atoms with E-state index in [0.717, 1.165) is 5.96 Å². The van der Waals surface area contributed by atoms with E-state index < -0.39 is 0 Å². The van der Waals surface area contributed by atoms with Crippen molar-refractivity contribution in [2.75, 3.05) is 20.2 Å². The van der Waals surface area contributed by atoms with Gasteiger partial charge in [-0.05, 0) is 32.9 Å². The molecular formula is C14H23FIN3O. The van der Waals surface area contributed by atoms with Gasteiger partial charge in [0.1, 0.15) is 18.2 Å². The van der Waals surface area contributed by atoms with E-state index in [1.807, 2.05) is 0 Å². The number of ether oxygens (including phenoxy) is 1. The van der Waals surface area contributed by atoms with Crippen LogP contribution in [0, 0.1) is 5.82 Å². The van der Waals surface area contributed by atoms with Crippen LogP contribution in [0.25, 0.3) is 0 Å². The maximum Gasteiger partial charge on any atom is 0.191 e. The molecule has 0 aliphatic heterocycles. The minimum atomic E-state index is -0.296. The minimum absolute atomic E-state index is 0. The molecule has 6 heteroatoms. The van der Waals surface area contributed by atoms with E-state index in [1.54, 1.807) is 19.2 Å². The zero-order valence-corrected chi connectivity index (χ0v) is 14.7. The summed E-state index contributed by atoms with van der Waals surface area (Å²) in [7, 11) is 1.72.